The van der Waals surface area contributed by atoms with Crippen LogP contribution in [0.25, 0.3) is 4.48 Å². The quantitative estimate of drug-likeness (QED) is 0.395. The molecule has 0 heterocycles. The number of allylic oxidation sites excluding steroid dienone is 1. The predicted octanol–water partition coefficient (Wildman–Crippen LogP) is 5.79. The van der Waals surface area contributed by atoms with Gasteiger partial charge in [-0.1, -0.05) is 45.8 Å². The minimum absolute atomic E-state index is 0.120. The smallest absolute Gasteiger partial charge is 0.372 e. The molecule has 0 aliphatic rings. The van der Waals surface area contributed by atoms with E-state index in [0.29, 0.717) is 4.47 Å². The first kappa shape index (κ1) is 20.0. The standard InChI is InChI=1S/C16H11Br2F3O3S/c1-10-2-8-13(9-3-10)25(22,23)24-15(16(19,20)21)14(18)11-4-6-12(17)7-5-11/h2-9H,1H3/b15-14+. The van der Waals surface area contributed by atoms with Gasteiger partial charge in [-0.25, -0.2) is 0 Å². The second-order valence-corrected chi connectivity index (χ2v) is 8.25. The van der Waals surface area contributed by atoms with Crippen LogP contribution in [-0.2, 0) is 14.3 Å². The molecule has 2 rings (SSSR count). The lowest BCUT2D eigenvalue weighted by Crippen LogP contribution is -2.19. The summed E-state index contributed by atoms with van der Waals surface area (Å²) in [5.41, 5.74) is 0.885. The second-order valence-electron chi connectivity index (χ2n) is 5.00. The summed E-state index contributed by atoms with van der Waals surface area (Å²) in [6, 6.07) is 11.1. The van der Waals surface area contributed by atoms with Crippen LogP contribution in [-0.4, -0.2) is 14.6 Å². The van der Waals surface area contributed by atoms with Crippen LogP contribution in [0.5, 0.6) is 0 Å². The Labute approximate surface area is 159 Å². The number of hydrogen-bond donors (Lipinski definition) is 0. The third kappa shape index (κ3) is 5.08. The fraction of sp³-hybridized carbons (Fsp3) is 0.125. The van der Waals surface area contributed by atoms with E-state index in [0.717, 1.165) is 5.56 Å². The van der Waals surface area contributed by atoms with Crippen LogP contribution in [0.4, 0.5) is 13.2 Å². The number of aryl methyl sites for hydroxylation is 1. The molecule has 0 unspecified atom stereocenters. The topological polar surface area (TPSA) is 43.4 Å². The SMILES string of the molecule is Cc1ccc(S(=O)(=O)O/C(=C(/Br)c2ccc(Br)cc2)C(F)(F)F)cc1. The van der Waals surface area contributed by atoms with E-state index in [1.54, 1.807) is 6.92 Å². The lowest BCUT2D eigenvalue weighted by molar-refractivity contribution is -0.114. The Balaban J connectivity index is 2.50. The normalized spacial score (nSPS) is 13.4. The maximum atomic E-state index is 13.4. The molecule has 3 nitrogen and oxygen atoms in total. The molecule has 0 saturated carbocycles. The number of rotatable bonds is 4. The zero-order chi connectivity index (χ0) is 18.8. The maximum absolute atomic E-state index is 13.4. The van der Waals surface area contributed by atoms with Gasteiger partial charge in [-0.15, -0.1) is 0 Å². The first-order chi connectivity index (χ1) is 11.5. The molecule has 134 valence electrons. The Bertz CT molecular complexity index is 888. The Hall–Kier alpha value is -1.32. The zero-order valence-corrected chi connectivity index (χ0v) is 16.6. The van der Waals surface area contributed by atoms with Crippen LogP contribution in [0.2, 0.25) is 0 Å². The van der Waals surface area contributed by atoms with Crippen molar-refractivity contribution in [3.63, 3.8) is 0 Å². The number of halogens is 5. The summed E-state index contributed by atoms with van der Waals surface area (Å²) in [7, 11) is -4.64. The lowest BCUT2D eigenvalue weighted by Gasteiger charge is -2.16. The Kier molecular flexibility index (Phi) is 6.01. The van der Waals surface area contributed by atoms with Gasteiger partial charge in [-0.3, -0.25) is 0 Å². The highest BCUT2D eigenvalue weighted by Gasteiger charge is 2.42. The van der Waals surface area contributed by atoms with E-state index in [1.165, 1.54) is 48.5 Å². The van der Waals surface area contributed by atoms with Crippen molar-refractivity contribution in [3.8, 4) is 0 Å². The summed E-state index contributed by atoms with van der Waals surface area (Å²) < 4.78 is 69.1. The van der Waals surface area contributed by atoms with Gasteiger partial charge in [-0.05, 0) is 52.7 Å². The van der Waals surface area contributed by atoms with Crippen molar-refractivity contribution in [3.05, 3.63) is 69.9 Å². The van der Waals surface area contributed by atoms with Crippen LogP contribution < -0.4 is 0 Å². The molecule has 0 aromatic heterocycles. The highest BCUT2D eigenvalue weighted by molar-refractivity contribution is 9.15. The first-order valence-corrected chi connectivity index (χ1v) is 9.74. The molecule has 0 saturated heterocycles. The van der Waals surface area contributed by atoms with Gasteiger partial charge in [0.1, 0.15) is 4.90 Å². The largest absolute Gasteiger partial charge is 0.451 e. The van der Waals surface area contributed by atoms with Crippen LogP contribution in [0, 0.1) is 6.92 Å². The molecule has 0 aliphatic heterocycles. The molecule has 0 spiro atoms. The number of alkyl halides is 3. The third-order valence-corrected chi connectivity index (χ3v) is 5.64. The van der Waals surface area contributed by atoms with E-state index in [1.807, 2.05) is 0 Å². The Morgan fingerprint density at radius 1 is 1.00 bits per heavy atom. The maximum Gasteiger partial charge on any atom is 0.451 e. The Morgan fingerprint density at radius 3 is 2.00 bits per heavy atom. The zero-order valence-electron chi connectivity index (χ0n) is 12.6. The molecule has 2 aromatic carbocycles. The molecule has 0 aliphatic carbocycles. The van der Waals surface area contributed by atoms with E-state index < -0.39 is 26.5 Å². The van der Waals surface area contributed by atoms with Crippen LogP contribution in [0.15, 0.2) is 63.7 Å². The first-order valence-electron chi connectivity index (χ1n) is 6.75. The molecular formula is C16H11Br2F3O3S. The van der Waals surface area contributed by atoms with E-state index in [-0.39, 0.29) is 10.5 Å². The molecular weight excluding hydrogens is 489 g/mol. The third-order valence-electron chi connectivity index (χ3n) is 3.06. The fourth-order valence-corrected chi connectivity index (χ4v) is 3.70. The average molecular weight is 500 g/mol. The summed E-state index contributed by atoms with van der Waals surface area (Å²) in [5, 5.41) is 0. The molecule has 0 bridgehead atoms. The molecule has 0 atom stereocenters. The molecule has 0 fully saturated rings. The minimum Gasteiger partial charge on any atom is -0.372 e. The van der Waals surface area contributed by atoms with Crippen molar-refractivity contribution < 1.29 is 25.8 Å². The lowest BCUT2D eigenvalue weighted by atomic mass is 10.2. The summed E-state index contributed by atoms with van der Waals surface area (Å²) in [6.07, 6.45) is -5.01. The van der Waals surface area contributed by atoms with Crippen LogP contribution >= 0.6 is 31.9 Å². The van der Waals surface area contributed by atoms with Crippen molar-refractivity contribution in [2.45, 2.75) is 18.0 Å². The highest BCUT2D eigenvalue weighted by Crippen LogP contribution is 2.38. The molecule has 2 aromatic rings. The monoisotopic (exact) mass is 498 g/mol. The molecule has 9 heteroatoms. The van der Waals surface area contributed by atoms with Gasteiger partial charge in [0.2, 0.25) is 5.76 Å². The summed E-state index contributed by atoms with van der Waals surface area (Å²) in [6.45, 7) is 1.72. The van der Waals surface area contributed by atoms with Crippen molar-refractivity contribution in [1.29, 1.82) is 0 Å². The molecule has 0 radical (unpaired) electrons. The van der Waals surface area contributed by atoms with Crippen molar-refractivity contribution in [2.75, 3.05) is 0 Å². The average Bonchev–Trinajstić information content (AvgIpc) is 2.52. The Morgan fingerprint density at radius 2 is 1.52 bits per heavy atom. The molecule has 25 heavy (non-hydrogen) atoms. The van der Waals surface area contributed by atoms with Gasteiger partial charge in [0.05, 0.1) is 4.48 Å². The summed E-state index contributed by atoms with van der Waals surface area (Å²) in [4.78, 5) is -0.365. The van der Waals surface area contributed by atoms with Crippen molar-refractivity contribution in [2.24, 2.45) is 0 Å². The number of hydrogen-bond acceptors (Lipinski definition) is 3. The highest BCUT2D eigenvalue weighted by atomic mass is 79.9. The van der Waals surface area contributed by atoms with Gasteiger partial charge in [0.15, 0.2) is 0 Å². The minimum atomic E-state index is -5.01. The van der Waals surface area contributed by atoms with E-state index in [4.69, 9.17) is 0 Å². The van der Waals surface area contributed by atoms with Crippen LogP contribution in [0.3, 0.4) is 0 Å². The van der Waals surface area contributed by atoms with E-state index in [9.17, 15) is 21.6 Å². The molecule has 0 amide bonds. The van der Waals surface area contributed by atoms with Gasteiger partial charge in [0.25, 0.3) is 0 Å². The summed E-state index contributed by atoms with van der Waals surface area (Å²) >= 11 is 5.98. The van der Waals surface area contributed by atoms with Crippen LogP contribution in [0.1, 0.15) is 11.1 Å². The van der Waals surface area contributed by atoms with Crippen molar-refractivity contribution in [1.82, 2.24) is 0 Å². The van der Waals surface area contributed by atoms with Crippen molar-refractivity contribution >= 4 is 46.5 Å². The predicted molar refractivity (Wildman–Crippen MR) is 95.5 cm³/mol. The number of benzene rings is 2. The summed E-state index contributed by atoms with van der Waals surface area (Å²) in [5.74, 6) is -1.64. The fourth-order valence-electron chi connectivity index (χ4n) is 1.80. The van der Waals surface area contributed by atoms with E-state index >= 15 is 0 Å². The molecule has 0 N–H and O–H groups in total. The van der Waals surface area contributed by atoms with Gasteiger partial charge in [0, 0.05) is 4.47 Å². The van der Waals surface area contributed by atoms with Gasteiger partial charge in [-0.2, -0.15) is 21.6 Å². The van der Waals surface area contributed by atoms with Gasteiger partial charge >= 0.3 is 16.3 Å². The second kappa shape index (κ2) is 7.51. The van der Waals surface area contributed by atoms with Gasteiger partial charge < -0.3 is 4.18 Å². The van der Waals surface area contributed by atoms with E-state index in [2.05, 4.69) is 36.0 Å².